The van der Waals surface area contributed by atoms with Crippen molar-refractivity contribution in [1.82, 2.24) is 9.80 Å². The molecule has 1 amide bonds. The number of aliphatic hydroxyl groups is 1. The van der Waals surface area contributed by atoms with Crippen LogP contribution in [-0.2, 0) is 17.8 Å². The number of carbonyl (C=O) groups is 1. The first-order chi connectivity index (χ1) is 12.2. The molecule has 2 aliphatic heterocycles. The van der Waals surface area contributed by atoms with Gasteiger partial charge in [-0.1, -0.05) is 31.2 Å². The van der Waals surface area contributed by atoms with Crippen molar-refractivity contribution in [3.63, 3.8) is 0 Å². The number of carbonyl (C=O) groups excluding carboxylic acids is 1. The van der Waals surface area contributed by atoms with Crippen molar-refractivity contribution >= 4 is 5.91 Å². The van der Waals surface area contributed by atoms with E-state index in [1.54, 1.807) is 0 Å². The molecule has 0 bridgehead atoms. The summed E-state index contributed by atoms with van der Waals surface area (Å²) in [6.07, 6.45) is 5.91. The van der Waals surface area contributed by atoms with Gasteiger partial charge in [0.25, 0.3) is 0 Å². The van der Waals surface area contributed by atoms with Crippen LogP contribution in [0, 0.1) is 5.41 Å². The van der Waals surface area contributed by atoms with Crippen molar-refractivity contribution in [2.24, 2.45) is 5.41 Å². The van der Waals surface area contributed by atoms with Crippen molar-refractivity contribution in [3.8, 4) is 0 Å². The lowest BCUT2D eigenvalue weighted by molar-refractivity contribution is -0.139. The monoisotopic (exact) mass is 344 g/mol. The summed E-state index contributed by atoms with van der Waals surface area (Å²) in [5.74, 6) is 0.271. The molecular formula is C21H32N2O2. The Hall–Kier alpha value is -1.39. The lowest BCUT2D eigenvalue weighted by Gasteiger charge is -2.48. The Morgan fingerprint density at radius 3 is 2.72 bits per heavy atom. The van der Waals surface area contributed by atoms with Gasteiger partial charge in [-0.2, -0.15) is 0 Å². The number of amides is 1. The minimum absolute atomic E-state index is 0.163. The van der Waals surface area contributed by atoms with Crippen molar-refractivity contribution in [2.75, 3.05) is 32.8 Å². The molecule has 0 unspecified atom stereocenters. The normalized spacial score (nSPS) is 24.9. The Morgan fingerprint density at radius 1 is 1.16 bits per heavy atom. The van der Waals surface area contributed by atoms with Gasteiger partial charge in [-0.3, -0.25) is 9.69 Å². The third-order valence-corrected chi connectivity index (χ3v) is 5.97. The molecule has 0 saturated carbocycles. The average Bonchev–Trinajstić information content (AvgIpc) is 2.63. The molecule has 1 aromatic carbocycles. The lowest BCUT2D eigenvalue weighted by Crippen LogP contribution is -2.54. The van der Waals surface area contributed by atoms with Crippen LogP contribution in [0.5, 0.6) is 0 Å². The molecular weight excluding hydrogens is 312 g/mol. The first-order valence-electron chi connectivity index (χ1n) is 9.83. The topological polar surface area (TPSA) is 43.8 Å². The summed E-state index contributed by atoms with van der Waals surface area (Å²) in [6.45, 7) is 7.24. The molecule has 2 heterocycles. The Labute approximate surface area is 151 Å². The zero-order chi connectivity index (χ0) is 17.7. The van der Waals surface area contributed by atoms with Crippen LogP contribution in [0.4, 0.5) is 0 Å². The van der Waals surface area contributed by atoms with Gasteiger partial charge in [0.1, 0.15) is 0 Å². The summed E-state index contributed by atoms with van der Waals surface area (Å²) < 4.78 is 0. The number of hydrogen-bond donors (Lipinski definition) is 1. The molecule has 1 aromatic rings. The fourth-order valence-corrected chi connectivity index (χ4v) is 4.64. The van der Waals surface area contributed by atoms with E-state index in [0.717, 1.165) is 39.0 Å². The molecule has 0 radical (unpaired) electrons. The second kappa shape index (κ2) is 8.33. The second-order valence-electron chi connectivity index (χ2n) is 7.83. The highest BCUT2D eigenvalue weighted by Crippen LogP contribution is 2.39. The second-order valence-corrected chi connectivity index (χ2v) is 7.83. The fraction of sp³-hybridized carbons (Fsp3) is 0.667. The molecule has 2 aliphatic rings. The van der Waals surface area contributed by atoms with Crippen LogP contribution in [0.25, 0.3) is 0 Å². The fourth-order valence-electron chi connectivity index (χ4n) is 4.64. The Balaban J connectivity index is 1.66. The highest BCUT2D eigenvalue weighted by atomic mass is 16.3. The van der Waals surface area contributed by atoms with Gasteiger partial charge in [0.05, 0.1) is 0 Å². The molecule has 0 aromatic heterocycles. The Bertz CT molecular complexity index is 589. The number of rotatable bonds is 6. The first kappa shape index (κ1) is 18.4. The molecule has 0 aliphatic carbocycles. The van der Waals surface area contributed by atoms with Crippen molar-refractivity contribution in [3.05, 3.63) is 35.4 Å². The smallest absolute Gasteiger partial charge is 0.222 e. The van der Waals surface area contributed by atoms with E-state index < -0.39 is 0 Å². The van der Waals surface area contributed by atoms with Crippen LogP contribution in [0.2, 0.25) is 0 Å². The van der Waals surface area contributed by atoms with Crippen LogP contribution in [-0.4, -0.2) is 53.6 Å². The number of nitrogens with zero attached hydrogens (tertiary/aromatic N) is 2. The summed E-state index contributed by atoms with van der Waals surface area (Å²) >= 11 is 0. The molecule has 138 valence electrons. The summed E-state index contributed by atoms with van der Waals surface area (Å²) in [7, 11) is 0. The summed E-state index contributed by atoms with van der Waals surface area (Å²) in [4.78, 5) is 16.8. The van der Waals surface area contributed by atoms with Crippen LogP contribution in [0.3, 0.4) is 0 Å². The Morgan fingerprint density at radius 2 is 1.96 bits per heavy atom. The predicted molar refractivity (Wildman–Crippen MR) is 100 cm³/mol. The van der Waals surface area contributed by atoms with E-state index in [1.807, 2.05) is 4.90 Å². The van der Waals surface area contributed by atoms with E-state index in [4.69, 9.17) is 5.11 Å². The third kappa shape index (κ3) is 4.42. The van der Waals surface area contributed by atoms with E-state index in [9.17, 15) is 4.79 Å². The van der Waals surface area contributed by atoms with E-state index in [0.29, 0.717) is 19.4 Å². The SMILES string of the molecule is CCc1ccccc1CN1CCC[C@]2(CCC(=O)N(CCCO)C2)C1. The van der Waals surface area contributed by atoms with Gasteiger partial charge in [-0.25, -0.2) is 0 Å². The lowest BCUT2D eigenvalue weighted by atomic mass is 9.73. The summed E-state index contributed by atoms with van der Waals surface area (Å²) in [6, 6.07) is 8.78. The minimum Gasteiger partial charge on any atom is -0.396 e. The molecule has 1 atom stereocenters. The number of hydrogen-bond acceptors (Lipinski definition) is 3. The Kier molecular flexibility index (Phi) is 6.13. The zero-order valence-electron chi connectivity index (χ0n) is 15.5. The molecule has 4 heteroatoms. The number of piperidine rings is 2. The maximum Gasteiger partial charge on any atom is 0.222 e. The predicted octanol–water partition coefficient (Wildman–Crippen LogP) is 2.84. The summed E-state index contributed by atoms with van der Waals surface area (Å²) in [5.41, 5.74) is 3.15. The van der Waals surface area contributed by atoms with E-state index in [-0.39, 0.29) is 17.9 Å². The summed E-state index contributed by atoms with van der Waals surface area (Å²) in [5, 5.41) is 9.09. The average molecular weight is 344 g/mol. The van der Waals surface area contributed by atoms with Crippen LogP contribution in [0.15, 0.2) is 24.3 Å². The van der Waals surface area contributed by atoms with Crippen LogP contribution >= 0.6 is 0 Å². The third-order valence-electron chi connectivity index (χ3n) is 5.97. The highest BCUT2D eigenvalue weighted by molar-refractivity contribution is 5.77. The molecule has 3 rings (SSSR count). The maximum atomic E-state index is 12.2. The van der Waals surface area contributed by atoms with Crippen LogP contribution < -0.4 is 0 Å². The van der Waals surface area contributed by atoms with Gasteiger partial charge in [-0.05, 0) is 49.8 Å². The first-order valence-corrected chi connectivity index (χ1v) is 9.83. The van der Waals surface area contributed by atoms with Gasteiger partial charge in [-0.15, -0.1) is 0 Å². The van der Waals surface area contributed by atoms with E-state index in [1.165, 1.54) is 24.0 Å². The van der Waals surface area contributed by atoms with E-state index in [2.05, 4.69) is 36.1 Å². The number of aliphatic hydroxyl groups excluding tert-OH is 1. The van der Waals surface area contributed by atoms with Crippen LogP contribution in [0.1, 0.15) is 50.2 Å². The molecule has 2 fully saturated rings. The largest absolute Gasteiger partial charge is 0.396 e. The van der Waals surface area contributed by atoms with Gasteiger partial charge in [0, 0.05) is 44.6 Å². The molecule has 1 spiro atoms. The minimum atomic E-state index is 0.163. The molecule has 25 heavy (non-hydrogen) atoms. The number of aryl methyl sites for hydroxylation is 1. The number of benzene rings is 1. The quantitative estimate of drug-likeness (QED) is 0.863. The van der Waals surface area contributed by atoms with Crippen molar-refractivity contribution in [2.45, 2.75) is 52.0 Å². The molecule has 4 nitrogen and oxygen atoms in total. The van der Waals surface area contributed by atoms with Gasteiger partial charge in [0.15, 0.2) is 0 Å². The number of likely N-dealkylation sites (tertiary alicyclic amines) is 2. The maximum absolute atomic E-state index is 12.2. The molecule has 2 saturated heterocycles. The van der Waals surface area contributed by atoms with Crippen molar-refractivity contribution < 1.29 is 9.90 Å². The van der Waals surface area contributed by atoms with Gasteiger partial charge < -0.3 is 10.0 Å². The zero-order valence-corrected chi connectivity index (χ0v) is 15.5. The van der Waals surface area contributed by atoms with Crippen molar-refractivity contribution in [1.29, 1.82) is 0 Å². The van der Waals surface area contributed by atoms with Gasteiger partial charge in [0.2, 0.25) is 5.91 Å². The highest BCUT2D eigenvalue weighted by Gasteiger charge is 2.41. The van der Waals surface area contributed by atoms with Gasteiger partial charge >= 0.3 is 0 Å². The standard InChI is InChI=1S/C21H32N2O2/c1-2-18-7-3-4-8-19(18)15-22-12-5-10-21(16-22)11-9-20(25)23(17-21)13-6-14-24/h3-4,7-8,24H,2,5-6,9-17H2,1H3/t21-/m0/s1. The van der Waals surface area contributed by atoms with E-state index >= 15 is 0 Å². The molecule has 1 N–H and O–H groups in total.